The lowest BCUT2D eigenvalue weighted by Crippen LogP contribution is -2.18. The van der Waals surface area contributed by atoms with Crippen molar-refractivity contribution in [3.05, 3.63) is 46.2 Å². The van der Waals surface area contributed by atoms with Gasteiger partial charge in [0.1, 0.15) is 4.99 Å². The highest BCUT2D eigenvalue weighted by atomic mass is 35.5. The van der Waals surface area contributed by atoms with Gasteiger partial charge in [0.05, 0.1) is 17.4 Å². The number of anilines is 1. The number of hydrogen-bond acceptors (Lipinski definition) is 3. The zero-order valence-corrected chi connectivity index (χ0v) is 12.5. The number of carbonyl (C=O) groups excluding carboxylic acids is 1. The summed E-state index contributed by atoms with van der Waals surface area (Å²) >= 11 is 10.9. The van der Waals surface area contributed by atoms with Crippen molar-refractivity contribution in [3.63, 3.8) is 0 Å². The summed E-state index contributed by atoms with van der Waals surface area (Å²) in [4.78, 5) is 12.4. The van der Waals surface area contributed by atoms with Crippen molar-refractivity contribution in [2.45, 2.75) is 6.92 Å². The second-order valence-corrected chi connectivity index (χ2v) is 5.15. The van der Waals surface area contributed by atoms with Crippen molar-refractivity contribution < 1.29 is 4.79 Å². The molecule has 1 aromatic heterocycles. The number of amides is 1. The van der Waals surface area contributed by atoms with Crippen LogP contribution in [-0.2, 0) is 7.05 Å². The normalized spacial score (nSPS) is 10.3. The standard InChI is InChI=1S/C13H13ClN4OS/c1-7-10(6-16-18(7)2)13(19)17-11-5-8(14)3-4-9(11)12(15)20/h3-6H,1-2H3,(H2,15,20)(H,17,19). The number of thiocarbonyl (C=S) groups is 1. The van der Waals surface area contributed by atoms with Crippen molar-refractivity contribution in [2.75, 3.05) is 5.32 Å². The van der Waals surface area contributed by atoms with Gasteiger partial charge in [0, 0.05) is 23.3 Å². The van der Waals surface area contributed by atoms with E-state index in [1.165, 1.54) is 6.20 Å². The van der Waals surface area contributed by atoms with Crippen molar-refractivity contribution in [1.29, 1.82) is 0 Å². The number of nitrogens with two attached hydrogens (primary N) is 1. The SMILES string of the molecule is Cc1c(C(=O)Nc2cc(Cl)ccc2C(N)=S)cnn1C. The van der Waals surface area contributed by atoms with Gasteiger partial charge in [-0.15, -0.1) is 0 Å². The largest absolute Gasteiger partial charge is 0.389 e. The second kappa shape index (κ2) is 5.60. The van der Waals surface area contributed by atoms with Crippen LogP contribution in [0, 0.1) is 6.92 Å². The Labute approximate surface area is 126 Å². The molecule has 0 bridgehead atoms. The smallest absolute Gasteiger partial charge is 0.259 e. The molecule has 20 heavy (non-hydrogen) atoms. The molecule has 7 heteroatoms. The Kier molecular flexibility index (Phi) is 4.06. The molecule has 0 atom stereocenters. The van der Waals surface area contributed by atoms with Gasteiger partial charge in [-0.25, -0.2) is 0 Å². The highest BCUT2D eigenvalue weighted by Crippen LogP contribution is 2.22. The van der Waals surface area contributed by atoms with Gasteiger partial charge in [0.15, 0.2) is 0 Å². The van der Waals surface area contributed by atoms with Gasteiger partial charge in [0.2, 0.25) is 0 Å². The molecule has 0 saturated carbocycles. The highest BCUT2D eigenvalue weighted by molar-refractivity contribution is 7.80. The Balaban J connectivity index is 2.35. The Morgan fingerprint density at radius 3 is 2.70 bits per heavy atom. The first-order valence-corrected chi connectivity index (χ1v) is 6.58. The second-order valence-electron chi connectivity index (χ2n) is 4.28. The molecule has 2 rings (SSSR count). The predicted molar refractivity (Wildman–Crippen MR) is 83.2 cm³/mol. The van der Waals surface area contributed by atoms with Crippen molar-refractivity contribution >= 4 is 40.4 Å². The molecule has 2 aromatic rings. The van der Waals surface area contributed by atoms with Crippen LogP contribution >= 0.6 is 23.8 Å². The number of nitrogens with one attached hydrogen (secondary N) is 1. The number of benzene rings is 1. The summed E-state index contributed by atoms with van der Waals surface area (Å²) in [6.45, 7) is 1.81. The van der Waals surface area contributed by atoms with E-state index in [0.29, 0.717) is 21.8 Å². The average molecular weight is 309 g/mol. The number of rotatable bonds is 3. The maximum Gasteiger partial charge on any atom is 0.259 e. The lowest BCUT2D eigenvalue weighted by atomic mass is 10.1. The van der Waals surface area contributed by atoms with E-state index in [-0.39, 0.29) is 10.9 Å². The molecule has 104 valence electrons. The first-order valence-electron chi connectivity index (χ1n) is 5.79. The summed E-state index contributed by atoms with van der Waals surface area (Å²) in [6, 6.07) is 4.96. The summed E-state index contributed by atoms with van der Waals surface area (Å²) in [5.74, 6) is -0.282. The van der Waals surface area contributed by atoms with Crippen LogP contribution in [0.5, 0.6) is 0 Å². The van der Waals surface area contributed by atoms with Crippen LogP contribution in [0.3, 0.4) is 0 Å². The van der Waals surface area contributed by atoms with E-state index >= 15 is 0 Å². The number of hydrogen-bond donors (Lipinski definition) is 2. The minimum Gasteiger partial charge on any atom is -0.389 e. The van der Waals surface area contributed by atoms with Crippen LogP contribution in [0.2, 0.25) is 5.02 Å². The monoisotopic (exact) mass is 308 g/mol. The van der Waals surface area contributed by atoms with E-state index in [1.54, 1.807) is 29.9 Å². The molecule has 0 aliphatic rings. The van der Waals surface area contributed by atoms with E-state index in [0.717, 1.165) is 5.69 Å². The van der Waals surface area contributed by atoms with E-state index in [9.17, 15) is 4.79 Å². The first-order chi connectivity index (χ1) is 9.40. The first kappa shape index (κ1) is 14.5. The number of halogens is 1. The number of nitrogens with zero attached hydrogens (tertiary/aromatic N) is 2. The zero-order chi connectivity index (χ0) is 14.9. The van der Waals surface area contributed by atoms with Crippen LogP contribution < -0.4 is 11.1 Å². The molecule has 0 saturated heterocycles. The molecule has 1 aromatic carbocycles. The molecule has 0 aliphatic heterocycles. The summed E-state index contributed by atoms with van der Waals surface area (Å²) in [5, 5.41) is 7.28. The molecule has 0 fully saturated rings. The quantitative estimate of drug-likeness (QED) is 0.853. The predicted octanol–water partition coefficient (Wildman–Crippen LogP) is 2.27. The van der Waals surface area contributed by atoms with Crippen LogP contribution in [0.15, 0.2) is 24.4 Å². The summed E-state index contributed by atoms with van der Waals surface area (Å²) in [5.41, 5.74) is 7.94. The maximum absolute atomic E-state index is 12.2. The van der Waals surface area contributed by atoms with Crippen molar-refractivity contribution in [1.82, 2.24) is 9.78 Å². The van der Waals surface area contributed by atoms with Crippen molar-refractivity contribution in [3.8, 4) is 0 Å². The maximum atomic E-state index is 12.2. The molecule has 1 heterocycles. The van der Waals surface area contributed by atoms with Gasteiger partial charge in [-0.1, -0.05) is 23.8 Å². The number of aromatic nitrogens is 2. The Morgan fingerprint density at radius 1 is 1.45 bits per heavy atom. The molecule has 0 radical (unpaired) electrons. The lowest BCUT2D eigenvalue weighted by Gasteiger charge is -2.10. The number of carbonyl (C=O) groups is 1. The third-order valence-corrected chi connectivity index (χ3v) is 3.43. The van der Waals surface area contributed by atoms with Crippen LogP contribution in [0.25, 0.3) is 0 Å². The zero-order valence-electron chi connectivity index (χ0n) is 11.0. The van der Waals surface area contributed by atoms with E-state index < -0.39 is 0 Å². The molecule has 3 N–H and O–H groups in total. The topological polar surface area (TPSA) is 72.9 Å². The van der Waals surface area contributed by atoms with Gasteiger partial charge in [-0.2, -0.15) is 5.10 Å². The minimum atomic E-state index is -0.282. The molecule has 0 aliphatic carbocycles. The molecule has 1 amide bonds. The van der Waals surface area contributed by atoms with E-state index in [4.69, 9.17) is 29.6 Å². The van der Waals surface area contributed by atoms with Gasteiger partial charge in [-0.3, -0.25) is 9.48 Å². The van der Waals surface area contributed by atoms with Crippen LogP contribution in [0.4, 0.5) is 5.69 Å². The van der Waals surface area contributed by atoms with Crippen LogP contribution in [0.1, 0.15) is 21.6 Å². The molecular formula is C13H13ClN4OS. The Bertz CT molecular complexity index is 696. The van der Waals surface area contributed by atoms with E-state index in [2.05, 4.69) is 10.4 Å². The highest BCUT2D eigenvalue weighted by Gasteiger charge is 2.15. The third kappa shape index (κ3) is 2.81. The van der Waals surface area contributed by atoms with Gasteiger partial charge in [0.25, 0.3) is 5.91 Å². The van der Waals surface area contributed by atoms with Gasteiger partial charge >= 0.3 is 0 Å². The summed E-state index contributed by atoms with van der Waals surface area (Å²) < 4.78 is 1.63. The molecule has 0 spiro atoms. The van der Waals surface area contributed by atoms with Crippen LogP contribution in [-0.4, -0.2) is 20.7 Å². The summed E-state index contributed by atoms with van der Waals surface area (Å²) in [6.07, 6.45) is 1.51. The number of aryl methyl sites for hydroxylation is 1. The Hall–Kier alpha value is -1.92. The van der Waals surface area contributed by atoms with Gasteiger partial charge in [-0.05, 0) is 25.1 Å². The molecule has 5 nitrogen and oxygen atoms in total. The summed E-state index contributed by atoms with van der Waals surface area (Å²) in [7, 11) is 1.77. The lowest BCUT2D eigenvalue weighted by molar-refractivity contribution is 0.102. The Morgan fingerprint density at radius 2 is 2.15 bits per heavy atom. The van der Waals surface area contributed by atoms with Gasteiger partial charge < -0.3 is 11.1 Å². The fourth-order valence-corrected chi connectivity index (χ4v) is 2.10. The fraction of sp³-hybridized carbons (Fsp3) is 0.154. The average Bonchev–Trinajstić information content (AvgIpc) is 2.69. The molecule has 0 unspecified atom stereocenters. The third-order valence-electron chi connectivity index (χ3n) is 2.98. The fourth-order valence-electron chi connectivity index (χ4n) is 1.75. The van der Waals surface area contributed by atoms with Crippen molar-refractivity contribution in [2.24, 2.45) is 12.8 Å². The minimum absolute atomic E-state index is 0.194. The van der Waals surface area contributed by atoms with E-state index in [1.807, 2.05) is 6.92 Å². The molecular weight excluding hydrogens is 296 g/mol.